The largest absolute Gasteiger partial charge is 0.494 e. The minimum Gasteiger partial charge on any atom is -0.494 e. The second-order valence-corrected chi connectivity index (χ2v) is 4.68. The van der Waals surface area contributed by atoms with Crippen LogP contribution in [0.5, 0.6) is 5.75 Å². The Bertz CT molecular complexity index is 400. The summed E-state index contributed by atoms with van der Waals surface area (Å²) in [7, 11) is 0. The van der Waals surface area contributed by atoms with Crippen molar-refractivity contribution < 1.29 is 14.6 Å². The van der Waals surface area contributed by atoms with Crippen molar-refractivity contribution >= 4 is 5.97 Å². The Morgan fingerprint density at radius 2 is 2.39 bits per heavy atom. The van der Waals surface area contributed by atoms with Crippen molar-refractivity contribution in [2.75, 3.05) is 19.7 Å². The first kappa shape index (κ1) is 12.9. The molecule has 0 aliphatic carbocycles. The molecule has 0 spiro atoms. The summed E-state index contributed by atoms with van der Waals surface area (Å²) in [4.78, 5) is 10.8. The van der Waals surface area contributed by atoms with Crippen molar-refractivity contribution in [2.24, 2.45) is 5.92 Å². The summed E-state index contributed by atoms with van der Waals surface area (Å²) >= 11 is 0. The van der Waals surface area contributed by atoms with Gasteiger partial charge in [0.25, 0.3) is 0 Å². The average Bonchev–Trinajstić information content (AvgIpc) is 2.88. The molecule has 98 valence electrons. The zero-order valence-electron chi connectivity index (χ0n) is 10.4. The van der Waals surface area contributed by atoms with Gasteiger partial charge in [-0.2, -0.15) is 0 Å². The minimum absolute atomic E-state index is 0.271. The molecule has 4 heteroatoms. The molecule has 0 radical (unpaired) electrons. The number of ether oxygens (including phenoxy) is 1. The molecule has 1 aliphatic rings. The molecule has 1 atom stereocenters. The highest BCUT2D eigenvalue weighted by molar-refractivity contribution is 5.87. The summed E-state index contributed by atoms with van der Waals surface area (Å²) in [5.74, 6) is 0.496. The van der Waals surface area contributed by atoms with Gasteiger partial charge in [-0.1, -0.05) is 6.07 Å². The van der Waals surface area contributed by atoms with Gasteiger partial charge in [-0.25, -0.2) is 4.79 Å². The third-order valence-electron chi connectivity index (χ3n) is 3.27. The number of hydrogen-bond donors (Lipinski definition) is 2. The molecule has 1 fully saturated rings. The standard InChI is InChI=1S/C14H19NO3/c16-14(17)12-4-1-5-13(9-12)18-8-2-3-11-6-7-15-10-11/h1,4-5,9,11,15H,2-3,6-8,10H2,(H,16,17). The van der Waals surface area contributed by atoms with Crippen LogP contribution in [0, 0.1) is 5.92 Å². The molecule has 1 heterocycles. The minimum atomic E-state index is -0.919. The lowest BCUT2D eigenvalue weighted by molar-refractivity contribution is 0.0696. The Labute approximate surface area is 107 Å². The van der Waals surface area contributed by atoms with Crippen LogP contribution in [0.4, 0.5) is 0 Å². The summed E-state index contributed by atoms with van der Waals surface area (Å²) in [5, 5.41) is 12.2. The van der Waals surface area contributed by atoms with Crippen molar-refractivity contribution in [3.63, 3.8) is 0 Å². The van der Waals surface area contributed by atoms with Crippen LogP contribution in [0.2, 0.25) is 0 Å². The lowest BCUT2D eigenvalue weighted by atomic mass is 10.0. The zero-order valence-corrected chi connectivity index (χ0v) is 10.4. The topological polar surface area (TPSA) is 58.6 Å². The highest BCUT2D eigenvalue weighted by Gasteiger charge is 2.13. The lowest BCUT2D eigenvalue weighted by Gasteiger charge is -2.09. The molecular weight excluding hydrogens is 230 g/mol. The van der Waals surface area contributed by atoms with Crippen LogP contribution in [0.1, 0.15) is 29.6 Å². The molecular formula is C14H19NO3. The van der Waals surface area contributed by atoms with Gasteiger partial charge in [0.05, 0.1) is 12.2 Å². The number of aromatic carboxylic acids is 1. The van der Waals surface area contributed by atoms with Crippen molar-refractivity contribution in [1.29, 1.82) is 0 Å². The van der Waals surface area contributed by atoms with Crippen molar-refractivity contribution in [3.05, 3.63) is 29.8 Å². The molecule has 18 heavy (non-hydrogen) atoms. The summed E-state index contributed by atoms with van der Waals surface area (Å²) < 4.78 is 5.57. The zero-order chi connectivity index (χ0) is 12.8. The van der Waals surface area contributed by atoms with E-state index in [9.17, 15) is 4.79 Å². The highest BCUT2D eigenvalue weighted by Crippen LogP contribution is 2.16. The first-order valence-electron chi connectivity index (χ1n) is 6.42. The maximum absolute atomic E-state index is 10.8. The van der Waals surface area contributed by atoms with E-state index in [2.05, 4.69) is 5.32 Å². The molecule has 2 N–H and O–H groups in total. The number of carbonyl (C=O) groups is 1. The van der Waals surface area contributed by atoms with Gasteiger partial charge < -0.3 is 15.2 Å². The van der Waals surface area contributed by atoms with E-state index < -0.39 is 5.97 Å². The van der Waals surface area contributed by atoms with Crippen LogP contribution in [0.25, 0.3) is 0 Å². The normalized spacial score (nSPS) is 18.8. The SMILES string of the molecule is O=C(O)c1cccc(OCCCC2CCNC2)c1. The molecule has 0 saturated carbocycles. The Morgan fingerprint density at radius 1 is 1.50 bits per heavy atom. The van der Waals surface area contributed by atoms with E-state index in [-0.39, 0.29) is 5.56 Å². The van der Waals surface area contributed by atoms with Crippen LogP contribution in [0.15, 0.2) is 24.3 Å². The highest BCUT2D eigenvalue weighted by atomic mass is 16.5. The fourth-order valence-corrected chi connectivity index (χ4v) is 2.24. The molecule has 2 rings (SSSR count). The van der Waals surface area contributed by atoms with Crippen molar-refractivity contribution in [3.8, 4) is 5.75 Å². The Morgan fingerprint density at radius 3 is 3.11 bits per heavy atom. The Hall–Kier alpha value is -1.55. The number of nitrogens with one attached hydrogen (secondary N) is 1. The summed E-state index contributed by atoms with van der Waals surface area (Å²) in [6.45, 7) is 2.90. The van der Waals surface area contributed by atoms with Gasteiger partial charge in [-0.05, 0) is 56.5 Å². The first-order valence-corrected chi connectivity index (χ1v) is 6.42. The quantitative estimate of drug-likeness (QED) is 0.758. The van der Waals surface area contributed by atoms with Gasteiger partial charge in [0.2, 0.25) is 0 Å². The van der Waals surface area contributed by atoms with Gasteiger partial charge >= 0.3 is 5.97 Å². The molecule has 1 aliphatic heterocycles. The Kier molecular flexibility index (Phi) is 4.59. The van der Waals surface area contributed by atoms with Crippen LogP contribution in [-0.2, 0) is 0 Å². The van der Waals surface area contributed by atoms with E-state index >= 15 is 0 Å². The van der Waals surface area contributed by atoms with Gasteiger partial charge in [-0.15, -0.1) is 0 Å². The van der Waals surface area contributed by atoms with Gasteiger partial charge in [0.15, 0.2) is 0 Å². The average molecular weight is 249 g/mol. The van der Waals surface area contributed by atoms with E-state index in [0.717, 1.165) is 25.4 Å². The summed E-state index contributed by atoms with van der Waals surface area (Å²) in [6.07, 6.45) is 3.45. The molecule has 1 unspecified atom stereocenters. The first-order chi connectivity index (χ1) is 8.75. The predicted octanol–water partition coefficient (Wildman–Crippen LogP) is 2.15. The molecule has 1 aromatic carbocycles. The van der Waals surface area contributed by atoms with Crippen LogP contribution >= 0.6 is 0 Å². The fraction of sp³-hybridized carbons (Fsp3) is 0.500. The predicted molar refractivity (Wildman–Crippen MR) is 69.1 cm³/mol. The maximum Gasteiger partial charge on any atom is 0.335 e. The van der Waals surface area contributed by atoms with E-state index in [4.69, 9.17) is 9.84 Å². The van der Waals surface area contributed by atoms with E-state index in [0.29, 0.717) is 12.4 Å². The lowest BCUT2D eigenvalue weighted by Crippen LogP contribution is -2.10. The molecule has 0 aromatic heterocycles. The van der Waals surface area contributed by atoms with Gasteiger partial charge in [-0.3, -0.25) is 0 Å². The van der Waals surface area contributed by atoms with Crippen molar-refractivity contribution in [1.82, 2.24) is 5.32 Å². The molecule has 1 aromatic rings. The number of benzene rings is 1. The summed E-state index contributed by atoms with van der Waals surface area (Å²) in [6, 6.07) is 6.64. The number of hydrogen-bond acceptors (Lipinski definition) is 3. The van der Waals surface area contributed by atoms with Crippen LogP contribution in [0.3, 0.4) is 0 Å². The molecule has 0 amide bonds. The summed E-state index contributed by atoms with van der Waals surface area (Å²) in [5.41, 5.74) is 0.271. The molecule has 1 saturated heterocycles. The third-order valence-corrected chi connectivity index (χ3v) is 3.27. The van der Waals surface area contributed by atoms with Gasteiger partial charge in [0.1, 0.15) is 5.75 Å². The number of carboxylic acids is 1. The van der Waals surface area contributed by atoms with Crippen LogP contribution < -0.4 is 10.1 Å². The van der Waals surface area contributed by atoms with Crippen molar-refractivity contribution in [2.45, 2.75) is 19.3 Å². The molecule has 4 nitrogen and oxygen atoms in total. The number of rotatable bonds is 6. The maximum atomic E-state index is 10.8. The van der Waals surface area contributed by atoms with E-state index in [1.807, 2.05) is 0 Å². The van der Waals surface area contributed by atoms with E-state index in [1.165, 1.54) is 12.8 Å². The monoisotopic (exact) mass is 249 g/mol. The number of carboxylic acid groups (broad SMARTS) is 1. The third kappa shape index (κ3) is 3.74. The fourth-order valence-electron chi connectivity index (χ4n) is 2.24. The second kappa shape index (κ2) is 6.40. The molecule has 0 bridgehead atoms. The second-order valence-electron chi connectivity index (χ2n) is 4.68. The van der Waals surface area contributed by atoms with Crippen LogP contribution in [-0.4, -0.2) is 30.8 Å². The smallest absolute Gasteiger partial charge is 0.335 e. The Balaban J connectivity index is 1.72. The van der Waals surface area contributed by atoms with Gasteiger partial charge in [0, 0.05) is 0 Å². The van der Waals surface area contributed by atoms with E-state index in [1.54, 1.807) is 24.3 Å².